The van der Waals surface area contributed by atoms with Gasteiger partial charge in [0, 0.05) is 17.8 Å². The van der Waals surface area contributed by atoms with Crippen LogP contribution in [0.3, 0.4) is 0 Å². The highest BCUT2D eigenvalue weighted by Crippen LogP contribution is 2.38. The Bertz CT molecular complexity index is 628. The summed E-state index contributed by atoms with van der Waals surface area (Å²) >= 11 is 9.42. The fourth-order valence-corrected chi connectivity index (χ4v) is 2.27. The van der Waals surface area contributed by atoms with Crippen LogP contribution < -0.4 is 9.47 Å². The van der Waals surface area contributed by atoms with Gasteiger partial charge >= 0.3 is 5.97 Å². The Morgan fingerprint density at radius 2 is 1.85 bits per heavy atom. The maximum atomic E-state index is 11.2. The summed E-state index contributed by atoms with van der Waals surface area (Å²) in [7, 11) is 0. The van der Waals surface area contributed by atoms with Gasteiger partial charge in [-0.3, -0.25) is 4.79 Å². The van der Waals surface area contributed by atoms with Gasteiger partial charge in [-0.05, 0) is 18.2 Å². The minimum atomic E-state index is -0.401. The van der Waals surface area contributed by atoms with Gasteiger partial charge in [0.15, 0.2) is 11.5 Å². The van der Waals surface area contributed by atoms with Crippen LogP contribution in [0.15, 0.2) is 42.5 Å². The molecule has 3 nitrogen and oxygen atoms in total. The minimum absolute atomic E-state index is 0.400. The molecule has 5 heteroatoms. The number of ether oxygens (including phenoxy) is 2. The number of hydrogen-bond acceptors (Lipinski definition) is 3. The van der Waals surface area contributed by atoms with Crippen molar-refractivity contribution in [1.82, 2.24) is 0 Å². The number of para-hydroxylation sites is 2. The zero-order chi connectivity index (χ0) is 14.5. The fraction of sp³-hybridized carbons (Fsp3) is 0.133. The third kappa shape index (κ3) is 3.52. The van der Waals surface area contributed by atoms with Crippen LogP contribution in [-0.4, -0.2) is 5.97 Å². The molecule has 0 saturated heterocycles. The second-order valence-corrected chi connectivity index (χ2v) is 4.97. The number of hydrogen-bond donors (Lipinski definition) is 0. The molecule has 0 unspecified atom stereocenters. The molecule has 0 aromatic heterocycles. The van der Waals surface area contributed by atoms with E-state index in [4.69, 9.17) is 21.1 Å². The summed E-state index contributed by atoms with van der Waals surface area (Å²) in [5.41, 5.74) is 0.824. The Labute approximate surface area is 130 Å². The van der Waals surface area contributed by atoms with Gasteiger partial charge < -0.3 is 9.47 Å². The summed E-state index contributed by atoms with van der Waals surface area (Å²) < 4.78 is 11.0. The molecule has 2 aromatic carbocycles. The van der Waals surface area contributed by atoms with E-state index in [2.05, 4.69) is 15.9 Å². The van der Waals surface area contributed by atoms with Crippen molar-refractivity contribution in [3.05, 3.63) is 53.1 Å². The highest BCUT2D eigenvalue weighted by atomic mass is 79.9. The average molecular weight is 356 g/mol. The van der Waals surface area contributed by atoms with Crippen molar-refractivity contribution in [3.8, 4) is 17.2 Å². The Morgan fingerprint density at radius 1 is 1.15 bits per heavy atom. The van der Waals surface area contributed by atoms with E-state index < -0.39 is 5.97 Å². The predicted molar refractivity (Wildman–Crippen MR) is 81.9 cm³/mol. The van der Waals surface area contributed by atoms with Crippen LogP contribution in [0.4, 0.5) is 0 Å². The molecule has 0 bridgehead atoms. The smallest absolute Gasteiger partial charge is 0.308 e. The van der Waals surface area contributed by atoms with Crippen molar-refractivity contribution in [2.75, 3.05) is 0 Å². The van der Waals surface area contributed by atoms with Gasteiger partial charge in [0.1, 0.15) is 5.75 Å². The first kappa shape index (κ1) is 14.9. The normalized spacial score (nSPS) is 10.2. The van der Waals surface area contributed by atoms with Crippen LogP contribution in [0, 0.1) is 0 Å². The summed E-state index contributed by atoms with van der Waals surface area (Å²) in [5.74, 6) is 0.957. The number of esters is 1. The van der Waals surface area contributed by atoms with Crippen molar-refractivity contribution < 1.29 is 14.3 Å². The Hall–Kier alpha value is -1.52. The summed E-state index contributed by atoms with van der Waals surface area (Å²) in [6.45, 7) is 1.35. The molecule has 0 N–H and O–H groups in total. The Morgan fingerprint density at radius 3 is 2.50 bits per heavy atom. The number of halogens is 2. The van der Waals surface area contributed by atoms with E-state index in [9.17, 15) is 4.79 Å². The van der Waals surface area contributed by atoms with Crippen molar-refractivity contribution in [2.24, 2.45) is 0 Å². The molecule has 0 aliphatic carbocycles. The maximum Gasteiger partial charge on any atom is 0.308 e. The second-order valence-electron chi connectivity index (χ2n) is 4.00. The van der Waals surface area contributed by atoms with Crippen LogP contribution in [0.1, 0.15) is 12.5 Å². The molecule has 0 aliphatic heterocycles. The van der Waals surface area contributed by atoms with E-state index in [0.717, 1.165) is 5.56 Å². The first-order valence-electron chi connectivity index (χ1n) is 5.90. The monoisotopic (exact) mass is 354 g/mol. The van der Waals surface area contributed by atoms with E-state index in [1.165, 1.54) is 6.92 Å². The van der Waals surface area contributed by atoms with Gasteiger partial charge in [-0.25, -0.2) is 0 Å². The lowest BCUT2D eigenvalue weighted by atomic mass is 10.2. The van der Waals surface area contributed by atoms with E-state index in [1.54, 1.807) is 18.2 Å². The molecule has 20 heavy (non-hydrogen) atoms. The fourth-order valence-electron chi connectivity index (χ4n) is 1.65. The van der Waals surface area contributed by atoms with Crippen LogP contribution >= 0.6 is 27.5 Å². The Kier molecular flexibility index (Phi) is 5.04. The number of benzene rings is 2. The quantitative estimate of drug-likeness (QED) is 0.442. The highest BCUT2D eigenvalue weighted by Gasteiger charge is 2.14. The molecule has 2 aromatic rings. The zero-order valence-electron chi connectivity index (χ0n) is 10.7. The lowest BCUT2D eigenvalue weighted by Gasteiger charge is -2.14. The summed E-state index contributed by atoms with van der Waals surface area (Å²) in [5, 5.41) is 1.04. The molecular formula is C15H12BrClO3. The van der Waals surface area contributed by atoms with Crippen molar-refractivity contribution in [3.63, 3.8) is 0 Å². The van der Waals surface area contributed by atoms with Crippen molar-refractivity contribution in [1.29, 1.82) is 0 Å². The average Bonchev–Trinajstić information content (AvgIpc) is 2.42. The molecule has 104 valence electrons. The van der Waals surface area contributed by atoms with Crippen LogP contribution in [-0.2, 0) is 10.1 Å². The Balaban J connectivity index is 2.40. The molecule has 0 radical (unpaired) electrons. The van der Waals surface area contributed by atoms with Gasteiger partial charge in [0.05, 0.1) is 5.02 Å². The van der Waals surface area contributed by atoms with E-state index in [-0.39, 0.29) is 0 Å². The summed E-state index contributed by atoms with van der Waals surface area (Å²) in [4.78, 5) is 11.2. The number of carbonyl (C=O) groups excluding carboxylic acids is 1. The van der Waals surface area contributed by atoms with E-state index >= 15 is 0 Å². The number of rotatable bonds is 4. The van der Waals surface area contributed by atoms with Crippen molar-refractivity contribution in [2.45, 2.75) is 12.3 Å². The summed E-state index contributed by atoms with van der Waals surface area (Å²) in [6, 6.07) is 12.5. The molecule has 0 aliphatic rings. The molecule has 0 atom stereocenters. The SMILES string of the molecule is CC(=O)Oc1c(CBr)cccc1Oc1ccccc1Cl. The molecule has 0 saturated carbocycles. The highest BCUT2D eigenvalue weighted by molar-refractivity contribution is 9.08. The van der Waals surface area contributed by atoms with Crippen molar-refractivity contribution >= 4 is 33.5 Å². The molecule has 0 fully saturated rings. The third-order valence-electron chi connectivity index (χ3n) is 2.51. The molecule has 2 rings (SSSR count). The van der Waals surface area contributed by atoms with Gasteiger partial charge in [-0.15, -0.1) is 0 Å². The number of alkyl halides is 1. The number of carbonyl (C=O) groups is 1. The van der Waals surface area contributed by atoms with E-state index in [1.807, 2.05) is 24.3 Å². The maximum absolute atomic E-state index is 11.2. The van der Waals surface area contributed by atoms with Gasteiger partial charge in [0.25, 0.3) is 0 Å². The largest absolute Gasteiger partial charge is 0.452 e. The zero-order valence-corrected chi connectivity index (χ0v) is 13.1. The van der Waals surface area contributed by atoms with Crippen LogP contribution in [0.25, 0.3) is 0 Å². The molecule has 0 spiro atoms. The first-order chi connectivity index (χ1) is 9.61. The first-order valence-corrected chi connectivity index (χ1v) is 7.40. The van der Waals surface area contributed by atoms with Crippen LogP contribution in [0.5, 0.6) is 17.2 Å². The molecule has 0 heterocycles. The van der Waals surface area contributed by atoms with E-state index in [0.29, 0.717) is 27.6 Å². The minimum Gasteiger partial charge on any atom is -0.452 e. The lowest BCUT2D eigenvalue weighted by molar-refractivity contribution is -0.132. The lowest BCUT2D eigenvalue weighted by Crippen LogP contribution is -2.05. The molecule has 0 amide bonds. The van der Waals surface area contributed by atoms with Gasteiger partial charge in [0.2, 0.25) is 0 Å². The predicted octanol–water partition coefficient (Wildman–Crippen LogP) is 4.95. The summed E-state index contributed by atoms with van der Waals surface area (Å²) in [6.07, 6.45) is 0. The van der Waals surface area contributed by atoms with Crippen LogP contribution in [0.2, 0.25) is 5.02 Å². The van der Waals surface area contributed by atoms with Gasteiger partial charge in [-0.2, -0.15) is 0 Å². The molecular weight excluding hydrogens is 344 g/mol. The standard InChI is InChI=1S/C15H12BrClO3/c1-10(18)19-15-11(9-16)5-4-8-14(15)20-13-7-3-2-6-12(13)17/h2-8H,9H2,1H3. The topological polar surface area (TPSA) is 35.5 Å². The van der Waals surface area contributed by atoms with Gasteiger partial charge in [-0.1, -0.05) is 51.8 Å². The second kappa shape index (κ2) is 6.77. The third-order valence-corrected chi connectivity index (χ3v) is 3.42.